The fraction of sp³-hybridized carbons (Fsp3) is 0.188. The van der Waals surface area contributed by atoms with E-state index in [9.17, 15) is 4.79 Å². The van der Waals surface area contributed by atoms with Gasteiger partial charge in [-0.1, -0.05) is 0 Å². The fourth-order valence-electron chi connectivity index (χ4n) is 2.29. The molecule has 1 aromatic carbocycles. The molecule has 0 aliphatic heterocycles. The third-order valence-electron chi connectivity index (χ3n) is 3.45. The van der Waals surface area contributed by atoms with Crippen LogP contribution in [0, 0.1) is 13.8 Å². The number of rotatable bonds is 3. The largest absolute Gasteiger partial charge is 0.497 e. The molecule has 0 aliphatic rings. The third kappa shape index (κ3) is 2.16. The lowest BCUT2D eigenvalue weighted by Crippen LogP contribution is -2.07. The number of nitrogens with zero attached hydrogens (tertiary/aromatic N) is 2. The van der Waals surface area contributed by atoms with E-state index in [2.05, 4.69) is 9.97 Å². The van der Waals surface area contributed by atoms with Gasteiger partial charge in [0.25, 0.3) is 0 Å². The summed E-state index contributed by atoms with van der Waals surface area (Å²) < 4.78 is 10.9. The predicted octanol–water partition coefficient (Wildman–Crippen LogP) is 3.08. The van der Waals surface area contributed by atoms with Gasteiger partial charge in [0, 0.05) is 29.4 Å². The number of hydrogen-bond acceptors (Lipinski definition) is 5. The molecule has 106 valence electrons. The molecule has 0 bridgehead atoms. The van der Waals surface area contributed by atoms with E-state index in [4.69, 9.17) is 9.15 Å². The van der Waals surface area contributed by atoms with Crippen LogP contribution in [0.1, 0.15) is 27.5 Å². The Morgan fingerprint density at radius 2 is 1.95 bits per heavy atom. The minimum atomic E-state index is -0.256. The van der Waals surface area contributed by atoms with Crippen molar-refractivity contribution in [2.75, 3.05) is 7.11 Å². The van der Waals surface area contributed by atoms with Crippen LogP contribution in [-0.4, -0.2) is 22.9 Å². The summed E-state index contributed by atoms with van der Waals surface area (Å²) in [7, 11) is 1.59. The topological polar surface area (TPSA) is 65.2 Å². The highest BCUT2D eigenvalue weighted by atomic mass is 16.5. The number of ether oxygens (including phenoxy) is 1. The van der Waals surface area contributed by atoms with Gasteiger partial charge in [-0.2, -0.15) is 0 Å². The monoisotopic (exact) mass is 282 g/mol. The zero-order chi connectivity index (χ0) is 15.0. The number of aromatic nitrogens is 2. The van der Waals surface area contributed by atoms with Crippen LogP contribution in [0.4, 0.5) is 0 Å². The van der Waals surface area contributed by atoms with Gasteiger partial charge in [-0.15, -0.1) is 0 Å². The first-order chi connectivity index (χ1) is 10.1. The number of benzene rings is 1. The van der Waals surface area contributed by atoms with Gasteiger partial charge in [0.05, 0.1) is 12.8 Å². The summed E-state index contributed by atoms with van der Waals surface area (Å²) in [5.74, 6) is 0.723. The number of methoxy groups -OCH3 is 1. The maximum atomic E-state index is 12.6. The van der Waals surface area contributed by atoms with Crippen molar-refractivity contribution in [1.82, 2.24) is 9.97 Å². The lowest BCUT2D eigenvalue weighted by atomic mass is 10.1. The number of carbonyl (C=O) groups excluding carboxylic acids is 1. The van der Waals surface area contributed by atoms with Crippen molar-refractivity contribution in [3.63, 3.8) is 0 Å². The summed E-state index contributed by atoms with van der Waals surface area (Å²) in [6, 6.07) is 5.49. The highest BCUT2D eigenvalue weighted by Crippen LogP contribution is 2.29. The molecular weight excluding hydrogens is 268 g/mol. The van der Waals surface area contributed by atoms with Crippen LogP contribution in [-0.2, 0) is 0 Å². The van der Waals surface area contributed by atoms with Crippen LogP contribution in [0.3, 0.4) is 0 Å². The van der Waals surface area contributed by atoms with E-state index in [1.807, 2.05) is 19.1 Å². The summed E-state index contributed by atoms with van der Waals surface area (Å²) in [5.41, 5.74) is 2.31. The van der Waals surface area contributed by atoms with Crippen molar-refractivity contribution in [1.29, 1.82) is 0 Å². The maximum absolute atomic E-state index is 12.6. The SMILES string of the molecule is COc1ccc2c(C)c(C(=O)c3nccnc3C)oc2c1. The molecule has 0 unspecified atom stereocenters. The third-order valence-corrected chi connectivity index (χ3v) is 3.45. The lowest BCUT2D eigenvalue weighted by molar-refractivity contribution is 0.100. The molecule has 3 aromatic rings. The highest BCUT2D eigenvalue weighted by molar-refractivity contribution is 6.10. The smallest absolute Gasteiger partial charge is 0.248 e. The van der Waals surface area contributed by atoms with Crippen LogP contribution < -0.4 is 4.74 Å². The number of furan rings is 1. The van der Waals surface area contributed by atoms with Crippen molar-refractivity contribution in [2.24, 2.45) is 0 Å². The molecule has 0 N–H and O–H groups in total. The zero-order valence-corrected chi connectivity index (χ0v) is 12.0. The summed E-state index contributed by atoms with van der Waals surface area (Å²) in [6.45, 7) is 3.61. The van der Waals surface area contributed by atoms with Crippen molar-refractivity contribution in [3.05, 3.63) is 53.3 Å². The lowest BCUT2D eigenvalue weighted by Gasteiger charge is -2.00. The van der Waals surface area contributed by atoms with E-state index >= 15 is 0 Å². The van der Waals surface area contributed by atoms with Crippen LogP contribution in [0.2, 0.25) is 0 Å². The summed E-state index contributed by atoms with van der Waals surface area (Å²) in [4.78, 5) is 20.8. The molecule has 0 amide bonds. The summed E-state index contributed by atoms with van der Waals surface area (Å²) >= 11 is 0. The molecular formula is C16H14N2O3. The molecule has 5 nitrogen and oxygen atoms in total. The normalized spacial score (nSPS) is 10.8. The van der Waals surface area contributed by atoms with E-state index in [0.717, 1.165) is 10.9 Å². The first-order valence-corrected chi connectivity index (χ1v) is 6.51. The maximum Gasteiger partial charge on any atom is 0.248 e. The van der Waals surface area contributed by atoms with Crippen molar-refractivity contribution < 1.29 is 13.9 Å². The van der Waals surface area contributed by atoms with Gasteiger partial charge in [-0.3, -0.25) is 9.78 Å². The average molecular weight is 282 g/mol. The number of ketones is 1. The Hall–Kier alpha value is -2.69. The van der Waals surface area contributed by atoms with E-state index in [0.29, 0.717) is 28.5 Å². The molecule has 0 atom stereocenters. The second kappa shape index (κ2) is 5.01. The molecule has 2 heterocycles. The van der Waals surface area contributed by atoms with Crippen LogP contribution in [0.25, 0.3) is 11.0 Å². The van der Waals surface area contributed by atoms with E-state index < -0.39 is 0 Å². The average Bonchev–Trinajstić information content (AvgIpc) is 2.83. The first-order valence-electron chi connectivity index (χ1n) is 6.51. The van der Waals surface area contributed by atoms with Crippen LogP contribution >= 0.6 is 0 Å². The minimum absolute atomic E-state index is 0.256. The highest BCUT2D eigenvalue weighted by Gasteiger charge is 2.22. The van der Waals surface area contributed by atoms with Crippen LogP contribution in [0.15, 0.2) is 35.0 Å². The Morgan fingerprint density at radius 1 is 1.19 bits per heavy atom. The Balaban J connectivity index is 2.14. The molecule has 0 saturated carbocycles. The Labute approximate surface area is 121 Å². The van der Waals surface area contributed by atoms with Gasteiger partial charge in [-0.05, 0) is 26.0 Å². The Kier molecular flexibility index (Phi) is 3.17. The quantitative estimate of drug-likeness (QED) is 0.691. The Morgan fingerprint density at radius 3 is 2.67 bits per heavy atom. The molecule has 0 saturated heterocycles. The Bertz CT molecular complexity index is 837. The molecule has 21 heavy (non-hydrogen) atoms. The van der Waals surface area contributed by atoms with Gasteiger partial charge in [0.2, 0.25) is 5.78 Å². The second-order valence-corrected chi connectivity index (χ2v) is 4.74. The van der Waals surface area contributed by atoms with E-state index in [1.54, 1.807) is 26.3 Å². The zero-order valence-electron chi connectivity index (χ0n) is 12.0. The van der Waals surface area contributed by atoms with Crippen molar-refractivity contribution >= 4 is 16.8 Å². The molecule has 0 radical (unpaired) electrons. The van der Waals surface area contributed by atoms with Crippen molar-refractivity contribution in [3.8, 4) is 5.75 Å². The standard InChI is InChI=1S/C16H14N2O3/c1-9-12-5-4-11(20-3)8-13(12)21-16(9)15(19)14-10(2)17-6-7-18-14/h4-8H,1-3H3. The van der Waals surface area contributed by atoms with Crippen molar-refractivity contribution in [2.45, 2.75) is 13.8 Å². The summed E-state index contributed by atoms with van der Waals surface area (Å²) in [5, 5.41) is 0.890. The van der Waals surface area contributed by atoms with Gasteiger partial charge in [-0.25, -0.2) is 4.98 Å². The van der Waals surface area contributed by atoms with E-state index in [1.165, 1.54) is 6.20 Å². The van der Waals surface area contributed by atoms with Crippen LogP contribution in [0.5, 0.6) is 5.75 Å². The number of fused-ring (bicyclic) bond motifs is 1. The van der Waals surface area contributed by atoms with E-state index in [-0.39, 0.29) is 5.78 Å². The number of aryl methyl sites for hydroxylation is 2. The molecule has 3 rings (SSSR count). The van der Waals surface area contributed by atoms with Gasteiger partial charge >= 0.3 is 0 Å². The second-order valence-electron chi connectivity index (χ2n) is 4.74. The van der Waals surface area contributed by atoms with Gasteiger partial charge in [0.1, 0.15) is 17.0 Å². The summed E-state index contributed by atoms with van der Waals surface area (Å²) in [6.07, 6.45) is 3.06. The number of carbonyl (C=O) groups is 1. The molecule has 2 aromatic heterocycles. The molecule has 0 spiro atoms. The fourth-order valence-corrected chi connectivity index (χ4v) is 2.29. The molecule has 0 aliphatic carbocycles. The predicted molar refractivity (Wildman–Crippen MR) is 77.7 cm³/mol. The van der Waals surface area contributed by atoms with Gasteiger partial charge < -0.3 is 9.15 Å². The van der Waals surface area contributed by atoms with Gasteiger partial charge in [0.15, 0.2) is 5.76 Å². The first kappa shape index (κ1) is 13.3. The molecule has 0 fully saturated rings. The number of hydrogen-bond donors (Lipinski definition) is 0. The molecule has 5 heteroatoms. The minimum Gasteiger partial charge on any atom is -0.497 e.